The Morgan fingerprint density at radius 1 is 1.67 bits per heavy atom. The van der Waals surface area contributed by atoms with E-state index in [2.05, 4.69) is 13.0 Å². The van der Waals surface area contributed by atoms with Crippen LogP contribution in [0.3, 0.4) is 0 Å². The largest absolute Gasteiger partial charge is 0.330 e. The molecular formula is C9H12ClNS. The Kier molecular flexibility index (Phi) is 3.79. The molecule has 1 nitrogen and oxygen atoms in total. The molecule has 1 heterocycles. The molecule has 0 bridgehead atoms. The fraction of sp³-hybridized carbons (Fsp3) is 0.333. The van der Waals surface area contributed by atoms with Gasteiger partial charge < -0.3 is 5.73 Å². The Morgan fingerprint density at radius 2 is 2.42 bits per heavy atom. The molecule has 0 aliphatic rings. The van der Waals surface area contributed by atoms with Gasteiger partial charge in [-0.2, -0.15) is 0 Å². The minimum Gasteiger partial charge on any atom is -0.330 e. The zero-order chi connectivity index (χ0) is 8.97. The quantitative estimate of drug-likeness (QED) is 0.799. The smallest absolute Gasteiger partial charge is 0.0934 e. The molecule has 0 aliphatic heterocycles. The summed E-state index contributed by atoms with van der Waals surface area (Å²) in [4.78, 5) is 1.23. The summed E-state index contributed by atoms with van der Waals surface area (Å²) in [6, 6.07) is 3.96. The Labute approximate surface area is 81.9 Å². The number of thiophene rings is 1. The van der Waals surface area contributed by atoms with Crippen LogP contribution in [0.1, 0.15) is 18.2 Å². The van der Waals surface area contributed by atoms with E-state index in [-0.39, 0.29) is 0 Å². The van der Waals surface area contributed by atoms with Gasteiger partial charge in [-0.15, -0.1) is 11.3 Å². The number of nitrogens with two attached hydrogens (primary N) is 1. The normalized spacial score (nSPS) is 12.1. The summed E-state index contributed by atoms with van der Waals surface area (Å²) in [6.45, 7) is 2.79. The van der Waals surface area contributed by atoms with Crippen LogP contribution >= 0.6 is 22.9 Å². The molecule has 0 aromatic carbocycles. The molecule has 0 aliphatic carbocycles. The molecule has 3 heteroatoms. The molecule has 0 saturated heterocycles. The second-order valence-corrected chi connectivity index (χ2v) is 4.28. The first-order valence-corrected chi connectivity index (χ1v) is 5.06. The molecular weight excluding hydrogens is 190 g/mol. The van der Waals surface area contributed by atoms with Crippen molar-refractivity contribution in [1.29, 1.82) is 0 Å². The molecule has 0 spiro atoms. The van der Waals surface area contributed by atoms with Crippen LogP contribution in [-0.4, -0.2) is 6.54 Å². The van der Waals surface area contributed by atoms with Crippen LogP contribution in [0.25, 0.3) is 5.57 Å². The molecule has 1 rings (SSSR count). The third-order valence-electron chi connectivity index (χ3n) is 1.58. The van der Waals surface area contributed by atoms with Crippen molar-refractivity contribution in [2.45, 2.75) is 13.3 Å². The molecule has 66 valence electrons. The zero-order valence-corrected chi connectivity index (χ0v) is 8.58. The zero-order valence-electron chi connectivity index (χ0n) is 7.01. The van der Waals surface area contributed by atoms with E-state index in [0.717, 1.165) is 10.8 Å². The van der Waals surface area contributed by atoms with Gasteiger partial charge >= 0.3 is 0 Å². The van der Waals surface area contributed by atoms with Gasteiger partial charge in [-0.05, 0) is 37.6 Å². The van der Waals surface area contributed by atoms with Crippen molar-refractivity contribution >= 4 is 28.5 Å². The predicted molar refractivity (Wildman–Crippen MR) is 56.7 cm³/mol. The Morgan fingerprint density at radius 3 is 2.92 bits per heavy atom. The summed E-state index contributed by atoms with van der Waals surface area (Å²) in [5.74, 6) is 0. The number of hydrogen-bond acceptors (Lipinski definition) is 2. The number of allylic oxidation sites excluding steroid dienone is 1. The van der Waals surface area contributed by atoms with Crippen molar-refractivity contribution in [2.24, 2.45) is 5.73 Å². The molecule has 0 saturated carbocycles. The van der Waals surface area contributed by atoms with Crippen LogP contribution in [-0.2, 0) is 0 Å². The van der Waals surface area contributed by atoms with Crippen molar-refractivity contribution in [3.63, 3.8) is 0 Å². The lowest BCUT2D eigenvalue weighted by Gasteiger charge is -1.94. The van der Waals surface area contributed by atoms with Crippen molar-refractivity contribution in [3.05, 3.63) is 27.4 Å². The molecule has 0 radical (unpaired) electrons. The van der Waals surface area contributed by atoms with Crippen LogP contribution in [0.4, 0.5) is 0 Å². The van der Waals surface area contributed by atoms with Gasteiger partial charge in [-0.1, -0.05) is 17.7 Å². The van der Waals surface area contributed by atoms with E-state index < -0.39 is 0 Å². The van der Waals surface area contributed by atoms with Gasteiger partial charge in [0, 0.05) is 4.88 Å². The predicted octanol–water partition coefficient (Wildman–Crippen LogP) is 3.15. The third kappa shape index (κ3) is 2.63. The van der Waals surface area contributed by atoms with Crippen LogP contribution in [0, 0.1) is 0 Å². The second kappa shape index (κ2) is 4.65. The van der Waals surface area contributed by atoms with Crippen molar-refractivity contribution in [3.8, 4) is 0 Å². The molecule has 1 aromatic rings. The first-order valence-electron chi connectivity index (χ1n) is 3.86. The summed E-state index contributed by atoms with van der Waals surface area (Å²) >= 11 is 7.41. The van der Waals surface area contributed by atoms with E-state index in [4.69, 9.17) is 17.3 Å². The highest BCUT2D eigenvalue weighted by Gasteiger charge is 1.98. The monoisotopic (exact) mass is 201 g/mol. The average Bonchev–Trinajstić information content (AvgIpc) is 2.47. The fourth-order valence-electron chi connectivity index (χ4n) is 0.927. The van der Waals surface area contributed by atoms with Crippen molar-refractivity contribution in [1.82, 2.24) is 0 Å². The molecule has 0 atom stereocenters. The minimum atomic E-state index is 0.705. The van der Waals surface area contributed by atoms with Gasteiger partial charge in [-0.3, -0.25) is 0 Å². The molecule has 1 aromatic heterocycles. The fourth-order valence-corrected chi connectivity index (χ4v) is 1.97. The summed E-state index contributed by atoms with van der Waals surface area (Å²) in [5, 5.41) is 0. The SMILES string of the molecule is C/C(=C/CCN)c1ccc(Cl)s1. The van der Waals surface area contributed by atoms with Crippen molar-refractivity contribution < 1.29 is 0 Å². The highest BCUT2D eigenvalue weighted by atomic mass is 35.5. The summed E-state index contributed by atoms with van der Waals surface area (Å²) in [5.41, 5.74) is 6.65. The van der Waals surface area contributed by atoms with E-state index in [0.29, 0.717) is 6.54 Å². The van der Waals surface area contributed by atoms with Gasteiger partial charge in [-0.25, -0.2) is 0 Å². The summed E-state index contributed by atoms with van der Waals surface area (Å²) in [6.07, 6.45) is 3.07. The third-order valence-corrected chi connectivity index (χ3v) is 2.95. The Hall–Kier alpha value is -0.310. The average molecular weight is 202 g/mol. The first-order chi connectivity index (χ1) is 5.74. The van der Waals surface area contributed by atoms with E-state index in [1.807, 2.05) is 12.1 Å². The first kappa shape index (κ1) is 9.78. The maximum absolute atomic E-state index is 5.81. The van der Waals surface area contributed by atoms with Gasteiger partial charge in [0.15, 0.2) is 0 Å². The standard InChI is InChI=1S/C9H12ClNS/c1-7(3-2-6-11)8-4-5-9(10)12-8/h3-5H,2,6,11H2,1H3/b7-3-. The van der Waals surface area contributed by atoms with E-state index in [9.17, 15) is 0 Å². The van der Waals surface area contributed by atoms with Gasteiger partial charge in [0.05, 0.1) is 4.34 Å². The lowest BCUT2D eigenvalue weighted by molar-refractivity contribution is 1.01. The maximum Gasteiger partial charge on any atom is 0.0934 e. The number of rotatable bonds is 3. The van der Waals surface area contributed by atoms with E-state index in [1.54, 1.807) is 11.3 Å². The molecule has 0 amide bonds. The molecule has 12 heavy (non-hydrogen) atoms. The van der Waals surface area contributed by atoms with E-state index >= 15 is 0 Å². The Balaban J connectivity index is 2.70. The molecule has 2 N–H and O–H groups in total. The van der Waals surface area contributed by atoms with E-state index in [1.165, 1.54) is 10.5 Å². The maximum atomic E-state index is 5.81. The van der Waals surface area contributed by atoms with Gasteiger partial charge in [0.25, 0.3) is 0 Å². The number of halogens is 1. The lowest BCUT2D eigenvalue weighted by atomic mass is 10.2. The molecule has 0 fully saturated rings. The molecule has 0 unspecified atom stereocenters. The Bertz CT molecular complexity index is 278. The van der Waals surface area contributed by atoms with Gasteiger partial charge in [0.2, 0.25) is 0 Å². The topological polar surface area (TPSA) is 26.0 Å². The highest BCUT2D eigenvalue weighted by molar-refractivity contribution is 7.17. The number of hydrogen-bond donors (Lipinski definition) is 1. The van der Waals surface area contributed by atoms with Crippen LogP contribution in [0.5, 0.6) is 0 Å². The van der Waals surface area contributed by atoms with Crippen LogP contribution < -0.4 is 5.73 Å². The summed E-state index contributed by atoms with van der Waals surface area (Å²) in [7, 11) is 0. The second-order valence-electron chi connectivity index (χ2n) is 2.57. The highest BCUT2D eigenvalue weighted by Crippen LogP contribution is 2.27. The van der Waals surface area contributed by atoms with Crippen LogP contribution in [0.15, 0.2) is 18.2 Å². The van der Waals surface area contributed by atoms with Crippen LogP contribution in [0.2, 0.25) is 4.34 Å². The lowest BCUT2D eigenvalue weighted by Crippen LogP contribution is -1.95. The summed E-state index contributed by atoms with van der Waals surface area (Å²) < 4.78 is 0.838. The van der Waals surface area contributed by atoms with Crippen molar-refractivity contribution in [2.75, 3.05) is 6.54 Å². The van der Waals surface area contributed by atoms with Gasteiger partial charge in [0.1, 0.15) is 0 Å². The minimum absolute atomic E-state index is 0.705.